The summed E-state index contributed by atoms with van der Waals surface area (Å²) in [5.74, 6) is 0. The van der Waals surface area contributed by atoms with E-state index in [1.165, 1.54) is 65.9 Å². The lowest BCUT2D eigenvalue weighted by Crippen LogP contribution is -1.95. The van der Waals surface area contributed by atoms with E-state index in [1.54, 1.807) is 0 Å². The Balaban J connectivity index is 1.45. The predicted molar refractivity (Wildman–Crippen MR) is 186 cm³/mol. The highest BCUT2D eigenvalue weighted by Crippen LogP contribution is 2.45. The summed E-state index contributed by atoms with van der Waals surface area (Å²) in [7, 11) is 0. The van der Waals surface area contributed by atoms with Crippen molar-refractivity contribution in [1.82, 2.24) is 9.13 Å². The number of fused-ring (bicyclic) bond motifs is 7. The van der Waals surface area contributed by atoms with Crippen LogP contribution in [0, 0.1) is 0 Å². The van der Waals surface area contributed by atoms with Crippen molar-refractivity contribution in [3.63, 3.8) is 0 Å². The first kappa shape index (κ1) is 24.7. The summed E-state index contributed by atoms with van der Waals surface area (Å²) >= 11 is 0. The minimum atomic E-state index is 1.16. The number of benzene rings is 7. The van der Waals surface area contributed by atoms with Crippen molar-refractivity contribution in [2.45, 2.75) is 0 Å². The van der Waals surface area contributed by atoms with Gasteiger partial charge in [0.05, 0.1) is 22.1 Å². The minimum Gasteiger partial charge on any atom is -0.309 e. The van der Waals surface area contributed by atoms with Crippen LogP contribution in [0.3, 0.4) is 0 Å². The normalized spacial score (nSPS) is 11.6. The molecule has 2 heterocycles. The van der Waals surface area contributed by atoms with Crippen molar-refractivity contribution in [3.05, 3.63) is 170 Å². The van der Waals surface area contributed by atoms with E-state index in [2.05, 4.69) is 179 Å². The van der Waals surface area contributed by atoms with E-state index in [0.29, 0.717) is 0 Å². The first-order valence-corrected chi connectivity index (χ1v) is 15.1. The highest BCUT2D eigenvalue weighted by atomic mass is 15.0. The Bertz CT molecular complexity index is 2470. The second-order valence-corrected chi connectivity index (χ2v) is 11.4. The molecule has 0 amide bonds. The van der Waals surface area contributed by atoms with Crippen LogP contribution in [0.25, 0.3) is 77.2 Å². The van der Waals surface area contributed by atoms with Crippen LogP contribution in [0.5, 0.6) is 0 Å². The Hall–Kier alpha value is -5.86. The van der Waals surface area contributed by atoms with Crippen molar-refractivity contribution in [2.24, 2.45) is 0 Å². The van der Waals surface area contributed by atoms with Gasteiger partial charge in [0.25, 0.3) is 0 Å². The summed E-state index contributed by atoms with van der Waals surface area (Å²) in [5, 5.41) is 5.11. The third kappa shape index (κ3) is 3.68. The maximum absolute atomic E-state index is 2.44. The fourth-order valence-corrected chi connectivity index (χ4v) is 7.05. The van der Waals surface area contributed by atoms with Gasteiger partial charge in [0, 0.05) is 32.9 Å². The molecular formula is C42H28N2. The molecule has 0 unspecified atom stereocenters. The summed E-state index contributed by atoms with van der Waals surface area (Å²) in [6.45, 7) is 0. The first-order chi connectivity index (χ1) is 21.9. The Labute approximate surface area is 255 Å². The number of para-hydroxylation sites is 2. The molecule has 0 spiro atoms. The number of aromatic nitrogens is 2. The van der Waals surface area contributed by atoms with Crippen molar-refractivity contribution in [2.75, 3.05) is 0 Å². The van der Waals surface area contributed by atoms with E-state index in [1.807, 2.05) is 0 Å². The first-order valence-electron chi connectivity index (χ1n) is 15.1. The molecule has 0 aliphatic rings. The lowest BCUT2D eigenvalue weighted by atomic mass is 9.97. The summed E-state index contributed by atoms with van der Waals surface area (Å²) in [6, 6.07) is 61.3. The van der Waals surface area contributed by atoms with Crippen LogP contribution < -0.4 is 0 Å². The highest BCUT2D eigenvalue weighted by Gasteiger charge is 2.22. The topological polar surface area (TPSA) is 9.86 Å². The minimum absolute atomic E-state index is 1.16. The molecule has 2 nitrogen and oxygen atoms in total. The molecule has 0 bridgehead atoms. The average Bonchev–Trinajstić information content (AvgIpc) is 3.62. The molecule has 2 heteroatoms. The number of hydrogen-bond donors (Lipinski definition) is 0. The number of hydrogen-bond acceptors (Lipinski definition) is 0. The summed E-state index contributed by atoms with van der Waals surface area (Å²) < 4.78 is 4.87. The largest absolute Gasteiger partial charge is 0.309 e. The van der Waals surface area contributed by atoms with Gasteiger partial charge >= 0.3 is 0 Å². The number of nitrogens with zero attached hydrogens (tertiary/aromatic N) is 2. The SMILES string of the molecule is c1ccc(-c2cccc(-n3c4ccccc4c4c5c6c(-c7ccccc7)cccc6n(-c6ccccc6)c5ccc43)c2)cc1. The van der Waals surface area contributed by atoms with Gasteiger partial charge in [0.1, 0.15) is 0 Å². The molecule has 0 saturated heterocycles. The van der Waals surface area contributed by atoms with Crippen LogP contribution in [0.15, 0.2) is 170 Å². The fourth-order valence-electron chi connectivity index (χ4n) is 7.05. The van der Waals surface area contributed by atoms with Gasteiger partial charge < -0.3 is 9.13 Å². The average molecular weight is 561 g/mol. The predicted octanol–water partition coefficient (Wildman–Crippen LogP) is 11.2. The van der Waals surface area contributed by atoms with Crippen LogP contribution in [0.4, 0.5) is 0 Å². The van der Waals surface area contributed by atoms with Crippen LogP contribution in [0.1, 0.15) is 0 Å². The van der Waals surface area contributed by atoms with Crippen molar-refractivity contribution < 1.29 is 0 Å². The van der Waals surface area contributed by atoms with Gasteiger partial charge in [-0.15, -0.1) is 0 Å². The van der Waals surface area contributed by atoms with E-state index in [-0.39, 0.29) is 0 Å². The zero-order valence-electron chi connectivity index (χ0n) is 24.1. The van der Waals surface area contributed by atoms with Crippen LogP contribution in [-0.2, 0) is 0 Å². The Morgan fingerprint density at radius 2 is 0.818 bits per heavy atom. The zero-order chi connectivity index (χ0) is 29.0. The summed E-state index contributed by atoms with van der Waals surface area (Å²) in [6.07, 6.45) is 0. The van der Waals surface area contributed by atoms with Gasteiger partial charge in [-0.05, 0) is 70.8 Å². The number of rotatable bonds is 4. The lowest BCUT2D eigenvalue weighted by molar-refractivity contribution is 1.17. The maximum Gasteiger partial charge on any atom is 0.0549 e. The van der Waals surface area contributed by atoms with Gasteiger partial charge in [-0.2, -0.15) is 0 Å². The molecule has 44 heavy (non-hydrogen) atoms. The Morgan fingerprint density at radius 3 is 1.59 bits per heavy atom. The van der Waals surface area contributed by atoms with E-state index in [4.69, 9.17) is 0 Å². The smallest absolute Gasteiger partial charge is 0.0549 e. The molecule has 7 aromatic carbocycles. The molecule has 9 aromatic rings. The van der Waals surface area contributed by atoms with Gasteiger partial charge in [-0.1, -0.05) is 121 Å². The molecule has 0 atom stereocenters. The lowest BCUT2D eigenvalue weighted by Gasteiger charge is -2.11. The van der Waals surface area contributed by atoms with Crippen molar-refractivity contribution in [1.29, 1.82) is 0 Å². The molecule has 9 rings (SSSR count). The van der Waals surface area contributed by atoms with E-state index >= 15 is 0 Å². The molecule has 0 aliphatic carbocycles. The third-order valence-corrected chi connectivity index (χ3v) is 8.90. The maximum atomic E-state index is 2.44. The van der Waals surface area contributed by atoms with E-state index in [0.717, 1.165) is 11.4 Å². The fraction of sp³-hybridized carbons (Fsp3) is 0. The third-order valence-electron chi connectivity index (χ3n) is 8.90. The van der Waals surface area contributed by atoms with E-state index < -0.39 is 0 Å². The zero-order valence-corrected chi connectivity index (χ0v) is 24.1. The van der Waals surface area contributed by atoms with Gasteiger partial charge in [0.15, 0.2) is 0 Å². The van der Waals surface area contributed by atoms with Gasteiger partial charge in [0.2, 0.25) is 0 Å². The summed E-state index contributed by atoms with van der Waals surface area (Å²) in [4.78, 5) is 0. The van der Waals surface area contributed by atoms with Gasteiger partial charge in [-0.25, -0.2) is 0 Å². The second kappa shape index (κ2) is 9.86. The van der Waals surface area contributed by atoms with Crippen LogP contribution >= 0.6 is 0 Å². The van der Waals surface area contributed by atoms with Crippen molar-refractivity contribution in [3.8, 4) is 33.6 Å². The van der Waals surface area contributed by atoms with Crippen molar-refractivity contribution >= 4 is 43.6 Å². The van der Waals surface area contributed by atoms with Crippen LogP contribution in [-0.4, -0.2) is 9.13 Å². The Kier molecular flexibility index (Phi) is 5.54. The Morgan fingerprint density at radius 1 is 0.295 bits per heavy atom. The standard InChI is InChI=1S/C42H28N2/c1-4-14-29(15-5-1)31-18-12-21-33(28-31)44-36-24-11-10-22-35(36)41-38(44)26-27-39-42(41)40-34(30-16-6-2-7-17-30)23-13-25-37(40)43(39)32-19-8-3-9-20-32/h1-28H. The summed E-state index contributed by atoms with van der Waals surface area (Å²) in [5.41, 5.74) is 12.1. The molecule has 0 N–H and O–H groups in total. The highest BCUT2D eigenvalue weighted by molar-refractivity contribution is 6.31. The van der Waals surface area contributed by atoms with E-state index in [9.17, 15) is 0 Å². The molecule has 0 aliphatic heterocycles. The molecule has 0 radical (unpaired) electrons. The molecular weight excluding hydrogens is 532 g/mol. The quantitative estimate of drug-likeness (QED) is 0.203. The van der Waals surface area contributed by atoms with Gasteiger partial charge in [-0.3, -0.25) is 0 Å². The molecule has 0 fully saturated rings. The monoisotopic (exact) mass is 560 g/mol. The molecule has 0 saturated carbocycles. The van der Waals surface area contributed by atoms with Crippen LogP contribution in [0.2, 0.25) is 0 Å². The molecule has 2 aromatic heterocycles. The second-order valence-electron chi connectivity index (χ2n) is 11.4. The molecule has 206 valence electrons.